The summed E-state index contributed by atoms with van der Waals surface area (Å²) in [6, 6.07) is 4.27. The summed E-state index contributed by atoms with van der Waals surface area (Å²) in [7, 11) is 0. The zero-order chi connectivity index (χ0) is 11.7. The number of nitrogens with two attached hydrogens (primary N) is 1. The van der Waals surface area contributed by atoms with Gasteiger partial charge in [0.05, 0.1) is 6.04 Å². The maximum Gasteiger partial charge on any atom is 0.146 e. The minimum atomic E-state index is -0.571. The molecule has 0 radical (unpaired) electrons. The van der Waals surface area contributed by atoms with E-state index in [0.29, 0.717) is 11.8 Å². The molecular weight excluding hydrogens is 207 g/mol. The van der Waals surface area contributed by atoms with Crippen molar-refractivity contribution in [3.05, 3.63) is 35.8 Å². The fraction of sp³-hybridized carbons (Fsp3) is 0.250. The van der Waals surface area contributed by atoms with Gasteiger partial charge >= 0.3 is 0 Å². The molecule has 0 saturated carbocycles. The molecule has 0 spiro atoms. The van der Waals surface area contributed by atoms with Crippen LogP contribution in [0.3, 0.4) is 0 Å². The van der Waals surface area contributed by atoms with E-state index in [0.717, 1.165) is 11.1 Å². The normalized spacial score (nSPS) is 12.9. The number of benzene rings is 1. The number of aromatic amines is 1. The average molecular weight is 220 g/mol. The lowest BCUT2D eigenvalue weighted by molar-refractivity contribution is -0.118. The smallest absolute Gasteiger partial charge is 0.146 e. The van der Waals surface area contributed by atoms with Crippen molar-refractivity contribution in [2.24, 2.45) is 5.73 Å². The van der Waals surface area contributed by atoms with Crippen molar-refractivity contribution >= 4 is 16.7 Å². The van der Waals surface area contributed by atoms with Crippen molar-refractivity contribution in [2.75, 3.05) is 0 Å². The third-order valence-electron chi connectivity index (χ3n) is 2.70. The van der Waals surface area contributed by atoms with Crippen molar-refractivity contribution < 1.29 is 9.18 Å². The van der Waals surface area contributed by atoms with Gasteiger partial charge in [0.15, 0.2) is 0 Å². The Labute approximate surface area is 92.4 Å². The summed E-state index contributed by atoms with van der Waals surface area (Å²) in [5.74, 6) is -0.379. The molecule has 4 heteroatoms. The Hall–Kier alpha value is -1.68. The number of carbonyl (C=O) groups excluding carboxylic acids is 1. The quantitative estimate of drug-likeness (QED) is 0.828. The molecule has 2 rings (SSSR count). The Bertz CT molecular complexity index is 533. The molecule has 0 aliphatic rings. The Balaban J connectivity index is 2.42. The SMILES string of the molecule is CC(=O)[C@@H](N)Cc1c[nH]c2cccc(F)c12. The van der Waals surface area contributed by atoms with E-state index in [2.05, 4.69) is 4.98 Å². The standard InChI is InChI=1S/C12H13FN2O/c1-7(16)10(14)5-8-6-15-11-4-2-3-9(13)12(8)11/h2-4,6,10,15H,5,14H2,1H3/t10-/m0/s1. The predicted octanol–water partition coefficient (Wildman–Crippen LogP) is 1.77. The topological polar surface area (TPSA) is 58.9 Å². The van der Waals surface area contributed by atoms with E-state index in [1.54, 1.807) is 18.3 Å². The van der Waals surface area contributed by atoms with Gasteiger partial charge in [0, 0.05) is 17.1 Å². The molecule has 84 valence electrons. The van der Waals surface area contributed by atoms with Gasteiger partial charge in [-0.25, -0.2) is 4.39 Å². The zero-order valence-corrected chi connectivity index (χ0v) is 8.96. The van der Waals surface area contributed by atoms with Gasteiger partial charge in [-0.15, -0.1) is 0 Å². The molecule has 1 atom stereocenters. The van der Waals surface area contributed by atoms with Gasteiger partial charge in [-0.3, -0.25) is 4.79 Å². The second kappa shape index (κ2) is 4.06. The molecule has 0 amide bonds. The van der Waals surface area contributed by atoms with E-state index in [1.807, 2.05) is 0 Å². The van der Waals surface area contributed by atoms with Crippen LogP contribution in [0.1, 0.15) is 12.5 Å². The summed E-state index contributed by atoms with van der Waals surface area (Å²) in [5.41, 5.74) is 7.14. The molecule has 0 fully saturated rings. The van der Waals surface area contributed by atoms with E-state index >= 15 is 0 Å². The number of H-pyrrole nitrogens is 1. The summed E-state index contributed by atoms with van der Waals surface area (Å²) in [6.07, 6.45) is 2.06. The summed E-state index contributed by atoms with van der Waals surface area (Å²) in [4.78, 5) is 14.0. The largest absolute Gasteiger partial charge is 0.361 e. The minimum Gasteiger partial charge on any atom is -0.361 e. The van der Waals surface area contributed by atoms with Gasteiger partial charge in [0.2, 0.25) is 0 Å². The summed E-state index contributed by atoms with van der Waals surface area (Å²) >= 11 is 0. The maximum atomic E-state index is 13.6. The highest BCUT2D eigenvalue weighted by atomic mass is 19.1. The molecule has 1 heterocycles. The average Bonchev–Trinajstić information content (AvgIpc) is 2.63. The van der Waals surface area contributed by atoms with Crippen LogP contribution in [0.4, 0.5) is 4.39 Å². The molecule has 0 aliphatic heterocycles. The number of hydrogen-bond acceptors (Lipinski definition) is 2. The first-order valence-corrected chi connectivity index (χ1v) is 5.10. The number of hydrogen-bond donors (Lipinski definition) is 2. The van der Waals surface area contributed by atoms with Gasteiger partial charge in [0.25, 0.3) is 0 Å². The molecule has 1 aromatic heterocycles. The van der Waals surface area contributed by atoms with E-state index in [1.165, 1.54) is 13.0 Å². The van der Waals surface area contributed by atoms with E-state index in [4.69, 9.17) is 5.73 Å². The first kappa shape index (κ1) is 10.8. The highest BCUT2D eigenvalue weighted by Crippen LogP contribution is 2.22. The molecule has 16 heavy (non-hydrogen) atoms. The predicted molar refractivity (Wildman–Crippen MR) is 60.6 cm³/mol. The van der Waals surface area contributed by atoms with Crippen LogP contribution < -0.4 is 5.73 Å². The number of nitrogens with one attached hydrogen (secondary N) is 1. The Morgan fingerprint density at radius 2 is 2.31 bits per heavy atom. The van der Waals surface area contributed by atoms with Gasteiger partial charge in [-0.05, 0) is 31.0 Å². The van der Waals surface area contributed by atoms with Crippen LogP contribution in [0.5, 0.6) is 0 Å². The van der Waals surface area contributed by atoms with Crippen LogP contribution in [-0.2, 0) is 11.2 Å². The molecule has 0 saturated heterocycles. The van der Waals surface area contributed by atoms with Crippen molar-refractivity contribution in [1.82, 2.24) is 4.98 Å². The van der Waals surface area contributed by atoms with E-state index < -0.39 is 6.04 Å². The Morgan fingerprint density at radius 3 is 3.00 bits per heavy atom. The Morgan fingerprint density at radius 1 is 1.56 bits per heavy atom. The van der Waals surface area contributed by atoms with Gasteiger partial charge in [0.1, 0.15) is 11.6 Å². The lowest BCUT2D eigenvalue weighted by Crippen LogP contribution is -2.30. The number of Topliss-reactive ketones (excluding diaryl/α,β-unsaturated/α-hetero) is 1. The van der Waals surface area contributed by atoms with Crippen molar-refractivity contribution in [1.29, 1.82) is 0 Å². The monoisotopic (exact) mass is 220 g/mol. The second-order valence-corrected chi connectivity index (χ2v) is 3.90. The van der Waals surface area contributed by atoms with Crippen LogP contribution in [-0.4, -0.2) is 16.8 Å². The van der Waals surface area contributed by atoms with E-state index in [9.17, 15) is 9.18 Å². The fourth-order valence-electron chi connectivity index (χ4n) is 1.75. The summed E-state index contributed by atoms with van der Waals surface area (Å²) in [5, 5.41) is 0.527. The second-order valence-electron chi connectivity index (χ2n) is 3.90. The molecule has 3 nitrogen and oxygen atoms in total. The molecule has 0 bridgehead atoms. The number of rotatable bonds is 3. The van der Waals surface area contributed by atoms with Crippen LogP contribution in [0.25, 0.3) is 10.9 Å². The van der Waals surface area contributed by atoms with Crippen LogP contribution >= 0.6 is 0 Å². The lowest BCUT2D eigenvalue weighted by Gasteiger charge is -2.06. The van der Waals surface area contributed by atoms with Crippen molar-refractivity contribution in [3.63, 3.8) is 0 Å². The fourth-order valence-corrected chi connectivity index (χ4v) is 1.75. The Kier molecular flexibility index (Phi) is 2.75. The summed E-state index contributed by atoms with van der Waals surface area (Å²) < 4.78 is 13.6. The number of ketones is 1. The molecule has 0 unspecified atom stereocenters. The van der Waals surface area contributed by atoms with Crippen LogP contribution in [0.15, 0.2) is 24.4 Å². The number of fused-ring (bicyclic) bond motifs is 1. The number of aromatic nitrogens is 1. The molecule has 1 aromatic carbocycles. The molecular formula is C12H13FN2O. The zero-order valence-electron chi connectivity index (χ0n) is 8.96. The highest BCUT2D eigenvalue weighted by Gasteiger charge is 2.14. The lowest BCUT2D eigenvalue weighted by atomic mass is 10.0. The third-order valence-corrected chi connectivity index (χ3v) is 2.70. The number of carbonyl (C=O) groups is 1. The first-order chi connectivity index (χ1) is 7.59. The maximum absolute atomic E-state index is 13.6. The highest BCUT2D eigenvalue weighted by molar-refractivity contribution is 5.86. The van der Waals surface area contributed by atoms with Crippen LogP contribution in [0.2, 0.25) is 0 Å². The molecule has 3 N–H and O–H groups in total. The third kappa shape index (κ3) is 1.84. The molecule has 2 aromatic rings. The van der Waals surface area contributed by atoms with Crippen LogP contribution in [0, 0.1) is 5.82 Å². The van der Waals surface area contributed by atoms with Crippen molar-refractivity contribution in [3.8, 4) is 0 Å². The van der Waals surface area contributed by atoms with Crippen molar-refractivity contribution in [2.45, 2.75) is 19.4 Å². The minimum absolute atomic E-state index is 0.0920. The van der Waals surface area contributed by atoms with E-state index in [-0.39, 0.29) is 11.6 Å². The first-order valence-electron chi connectivity index (χ1n) is 5.10. The van der Waals surface area contributed by atoms with Gasteiger partial charge in [-0.2, -0.15) is 0 Å². The summed E-state index contributed by atoms with van der Waals surface area (Å²) in [6.45, 7) is 1.44. The number of halogens is 1. The van der Waals surface area contributed by atoms with Gasteiger partial charge < -0.3 is 10.7 Å². The molecule has 0 aliphatic carbocycles. The van der Waals surface area contributed by atoms with Gasteiger partial charge in [-0.1, -0.05) is 6.07 Å².